The zero-order valence-corrected chi connectivity index (χ0v) is 10.2. The first-order chi connectivity index (χ1) is 8.16. The summed E-state index contributed by atoms with van der Waals surface area (Å²) in [6, 6.07) is 3.54. The molecular weight excluding hydrogens is 238 g/mol. The van der Waals surface area contributed by atoms with Crippen LogP contribution in [0, 0.1) is 0 Å². The Morgan fingerprint density at radius 2 is 2.29 bits per heavy atom. The Balaban J connectivity index is 2.00. The number of rotatable bonds is 5. The highest BCUT2D eigenvalue weighted by Gasteiger charge is 2.14. The van der Waals surface area contributed by atoms with Crippen LogP contribution in [0.4, 0.5) is 0 Å². The fraction of sp³-hybridized carbons (Fsp3) is 0.250. The van der Waals surface area contributed by atoms with Crippen LogP contribution >= 0.6 is 11.3 Å². The summed E-state index contributed by atoms with van der Waals surface area (Å²) in [4.78, 5) is 12.9. The molecule has 17 heavy (non-hydrogen) atoms. The lowest BCUT2D eigenvalue weighted by Gasteiger charge is -2.14. The first-order valence-corrected chi connectivity index (χ1v) is 6.10. The predicted molar refractivity (Wildman–Crippen MR) is 65.2 cm³/mol. The van der Waals surface area contributed by atoms with Crippen molar-refractivity contribution in [2.24, 2.45) is 0 Å². The first kappa shape index (κ1) is 11.9. The van der Waals surface area contributed by atoms with Crippen molar-refractivity contribution in [1.82, 2.24) is 4.90 Å². The van der Waals surface area contributed by atoms with Crippen molar-refractivity contribution >= 4 is 17.3 Å². The summed E-state index contributed by atoms with van der Waals surface area (Å²) >= 11 is 1.65. The van der Waals surface area contributed by atoms with Crippen LogP contribution < -0.4 is 0 Å². The molecule has 0 aliphatic heterocycles. The third-order valence-corrected chi connectivity index (χ3v) is 3.15. The molecule has 2 rings (SSSR count). The van der Waals surface area contributed by atoms with E-state index in [4.69, 9.17) is 9.52 Å². The number of thiophene rings is 1. The van der Waals surface area contributed by atoms with Crippen molar-refractivity contribution in [3.8, 4) is 0 Å². The van der Waals surface area contributed by atoms with Crippen molar-refractivity contribution < 1.29 is 14.3 Å². The molecule has 0 atom stereocenters. The van der Waals surface area contributed by atoms with Gasteiger partial charge in [-0.3, -0.25) is 4.90 Å². The number of carboxylic acid groups (broad SMARTS) is 1. The minimum Gasteiger partial charge on any atom is -0.478 e. The SMILES string of the molecule is CN(Cc1ccsc1)Cc1occc1C(=O)O. The molecule has 5 heteroatoms. The molecule has 0 unspecified atom stereocenters. The third kappa shape index (κ3) is 2.95. The average molecular weight is 251 g/mol. The number of aromatic carboxylic acids is 1. The monoisotopic (exact) mass is 251 g/mol. The van der Waals surface area contributed by atoms with Gasteiger partial charge in [0.1, 0.15) is 11.3 Å². The number of hydrogen-bond donors (Lipinski definition) is 1. The summed E-state index contributed by atoms with van der Waals surface area (Å²) in [5.41, 5.74) is 1.46. The van der Waals surface area contributed by atoms with Gasteiger partial charge < -0.3 is 9.52 Å². The lowest BCUT2D eigenvalue weighted by Crippen LogP contribution is -2.17. The Kier molecular flexibility index (Phi) is 3.61. The summed E-state index contributed by atoms with van der Waals surface area (Å²) in [7, 11) is 1.94. The molecule has 0 aliphatic rings. The maximum absolute atomic E-state index is 10.9. The van der Waals surface area contributed by atoms with Gasteiger partial charge in [-0.05, 0) is 35.5 Å². The molecule has 4 nitrogen and oxygen atoms in total. The van der Waals surface area contributed by atoms with E-state index in [0.717, 1.165) is 6.54 Å². The number of hydrogen-bond acceptors (Lipinski definition) is 4. The van der Waals surface area contributed by atoms with Crippen LogP contribution in [0.1, 0.15) is 21.7 Å². The molecule has 1 N–H and O–H groups in total. The van der Waals surface area contributed by atoms with Gasteiger partial charge in [-0.15, -0.1) is 0 Å². The maximum atomic E-state index is 10.9. The van der Waals surface area contributed by atoms with E-state index < -0.39 is 5.97 Å². The molecule has 2 aromatic rings. The van der Waals surface area contributed by atoms with E-state index in [2.05, 4.69) is 11.4 Å². The molecule has 0 radical (unpaired) electrons. The maximum Gasteiger partial charge on any atom is 0.339 e. The molecule has 0 amide bonds. The van der Waals surface area contributed by atoms with E-state index in [9.17, 15) is 4.79 Å². The van der Waals surface area contributed by atoms with Gasteiger partial charge >= 0.3 is 5.97 Å². The Morgan fingerprint density at radius 3 is 2.94 bits per heavy atom. The van der Waals surface area contributed by atoms with Gasteiger partial charge in [0.25, 0.3) is 0 Å². The quantitative estimate of drug-likeness (QED) is 0.887. The number of carbonyl (C=O) groups is 1. The summed E-state index contributed by atoms with van der Waals surface area (Å²) in [6.45, 7) is 1.27. The van der Waals surface area contributed by atoms with E-state index in [1.165, 1.54) is 17.9 Å². The van der Waals surface area contributed by atoms with Crippen molar-refractivity contribution in [3.63, 3.8) is 0 Å². The van der Waals surface area contributed by atoms with Crippen molar-refractivity contribution in [3.05, 3.63) is 46.0 Å². The Bertz CT molecular complexity index is 490. The minimum absolute atomic E-state index is 0.238. The topological polar surface area (TPSA) is 53.7 Å². The van der Waals surface area contributed by atoms with Crippen molar-refractivity contribution in [2.75, 3.05) is 7.05 Å². The fourth-order valence-electron chi connectivity index (χ4n) is 1.65. The Labute approximate surface area is 103 Å². The molecule has 2 aromatic heterocycles. The van der Waals surface area contributed by atoms with Crippen LogP contribution in [-0.4, -0.2) is 23.0 Å². The van der Waals surface area contributed by atoms with E-state index >= 15 is 0 Å². The average Bonchev–Trinajstić information content (AvgIpc) is 2.88. The highest BCUT2D eigenvalue weighted by molar-refractivity contribution is 7.07. The summed E-state index contributed by atoms with van der Waals surface area (Å²) in [5.74, 6) is -0.451. The Morgan fingerprint density at radius 1 is 1.47 bits per heavy atom. The van der Waals surface area contributed by atoms with Gasteiger partial charge in [0.2, 0.25) is 0 Å². The standard InChI is InChI=1S/C12H13NO3S/c1-13(6-9-3-5-17-8-9)7-11-10(12(14)15)2-4-16-11/h2-5,8H,6-7H2,1H3,(H,14,15). The van der Waals surface area contributed by atoms with Crippen LogP contribution in [0.3, 0.4) is 0 Å². The normalized spacial score (nSPS) is 10.9. The summed E-state index contributed by atoms with van der Waals surface area (Å²) in [6.07, 6.45) is 1.41. The first-order valence-electron chi connectivity index (χ1n) is 5.16. The van der Waals surface area contributed by atoms with E-state index in [1.807, 2.05) is 17.3 Å². The third-order valence-electron chi connectivity index (χ3n) is 2.42. The van der Waals surface area contributed by atoms with Gasteiger partial charge in [-0.2, -0.15) is 11.3 Å². The highest BCUT2D eigenvalue weighted by atomic mass is 32.1. The smallest absolute Gasteiger partial charge is 0.339 e. The van der Waals surface area contributed by atoms with E-state index in [0.29, 0.717) is 12.3 Å². The summed E-state index contributed by atoms with van der Waals surface area (Å²) in [5, 5.41) is 13.1. The van der Waals surface area contributed by atoms with Gasteiger partial charge in [0.05, 0.1) is 12.8 Å². The zero-order chi connectivity index (χ0) is 12.3. The second-order valence-electron chi connectivity index (χ2n) is 3.87. The highest BCUT2D eigenvalue weighted by Crippen LogP contribution is 2.15. The molecule has 0 bridgehead atoms. The molecule has 0 saturated heterocycles. The largest absolute Gasteiger partial charge is 0.478 e. The van der Waals surface area contributed by atoms with Crippen molar-refractivity contribution in [2.45, 2.75) is 13.1 Å². The van der Waals surface area contributed by atoms with Crippen molar-refractivity contribution in [1.29, 1.82) is 0 Å². The van der Waals surface area contributed by atoms with Crippen LogP contribution in [0.15, 0.2) is 33.6 Å². The molecule has 0 aromatic carbocycles. The van der Waals surface area contributed by atoms with Gasteiger partial charge in [-0.1, -0.05) is 0 Å². The molecule has 0 fully saturated rings. The number of carboxylic acids is 1. The molecule has 0 saturated carbocycles. The Hall–Kier alpha value is -1.59. The summed E-state index contributed by atoms with van der Waals surface area (Å²) < 4.78 is 5.20. The van der Waals surface area contributed by atoms with E-state index in [-0.39, 0.29) is 5.56 Å². The lowest BCUT2D eigenvalue weighted by molar-refractivity contribution is 0.0693. The molecule has 0 spiro atoms. The van der Waals surface area contributed by atoms with Gasteiger partial charge in [0, 0.05) is 6.54 Å². The van der Waals surface area contributed by atoms with Crippen LogP contribution in [0.25, 0.3) is 0 Å². The lowest BCUT2D eigenvalue weighted by atomic mass is 10.2. The second-order valence-corrected chi connectivity index (χ2v) is 4.65. The van der Waals surface area contributed by atoms with E-state index in [1.54, 1.807) is 11.3 Å². The van der Waals surface area contributed by atoms with Gasteiger partial charge in [-0.25, -0.2) is 4.79 Å². The minimum atomic E-state index is -0.947. The zero-order valence-electron chi connectivity index (χ0n) is 9.42. The van der Waals surface area contributed by atoms with Crippen LogP contribution in [-0.2, 0) is 13.1 Å². The molecular formula is C12H13NO3S. The number of nitrogens with zero attached hydrogens (tertiary/aromatic N) is 1. The molecule has 0 aliphatic carbocycles. The van der Waals surface area contributed by atoms with Crippen LogP contribution in [0.5, 0.6) is 0 Å². The number of furan rings is 1. The second kappa shape index (κ2) is 5.16. The van der Waals surface area contributed by atoms with Crippen LogP contribution in [0.2, 0.25) is 0 Å². The predicted octanol–water partition coefficient (Wildman–Crippen LogP) is 2.67. The fourth-order valence-corrected chi connectivity index (χ4v) is 2.31. The molecule has 90 valence electrons. The van der Waals surface area contributed by atoms with Gasteiger partial charge in [0.15, 0.2) is 0 Å². The molecule has 2 heterocycles.